The smallest absolute Gasteiger partial charge is 0.138 e. The molecular weight excluding hydrogens is 232 g/mol. The van der Waals surface area contributed by atoms with Gasteiger partial charge in [-0.25, -0.2) is 0 Å². The zero-order valence-electron chi connectivity index (χ0n) is 11.9. The minimum Gasteiger partial charge on any atom is -0.456 e. The highest BCUT2D eigenvalue weighted by Gasteiger charge is 2.14. The number of hydrogen-bond donors (Lipinski definition) is 0. The van der Waals surface area contributed by atoms with E-state index in [0.717, 1.165) is 11.3 Å². The van der Waals surface area contributed by atoms with Gasteiger partial charge in [0.05, 0.1) is 0 Å². The predicted octanol–water partition coefficient (Wildman–Crippen LogP) is 5.33. The number of fused-ring (bicyclic) bond motifs is 1. The Labute approximate surface area is 113 Å². The van der Waals surface area contributed by atoms with Crippen molar-refractivity contribution in [1.82, 2.24) is 0 Å². The van der Waals surface area contributed by atoms with E-state index in [1.54, 1.807) is 0 Å². The maximum Gasteiger partial charge on any atom is 0.138 e. The standard InChI is InChI=1S/C18H18O/c1-11-5-7-15(13(3)9-11)18-14(4)16-10-12(2)6-8-17(16)19-18/h5-10H,1-4H3. The van der Waals surface area contributed by atoms with Crippen LogP contribution in [0, 0.1) is 27.7 Å². The van der Waals surface area contributed by atoms with E-state index in [-0.39, 0.29) is 0 Å². The van der Waals surface area contributed by atoms with Gasteiger partial charge in [-0.05, 0) is 45.4 Å². The molecule has 0 aliphatic rings. The van der Waals surface area contributed by atoms with Crippen molar-refractivity contribution in [3.8, 4) is 11.3 Å². The largest absolute Gasteiger partial charge is 0.456 e. The van der Waals surface area contributed by atoms with Gasteiger partial charge in [-0.2, -0.15) is 0 Å². The molecule has 0 spiro atoms. The SMILES string of the molecule is Cc1ccc(-c2oc3ccc(C)cc3c2C)c(C)c1. The fourth-order valence-corrected chi connectivity index (χ4v) is 2.66. The number of rotatable bonds is 1. The first-order chi connectivity index (χ1) is 9.06. The molecule has 0 aliphatic carbocycles. The molecule has 0 atom stereocenters. The molecule has 0 saturated carbocycles. The van der Waals surface area contributed by atoms with Crippen molar-refractivity contribution in [3.63, 3.8) is 0 Å². The Morgan fingerprint density at radius 1 is 0.789 bits per heavy atom. The van der Waals surface area contributed by atoms with E-state index < -0.39 is 0 Å². The van der Waals surface area contributed by atoms with E-state index in [2.05, 4.69) is 64.1 Å². The Morgan fingerprint density at radius 2 is 1.47 bits per heavy atom. The van der Waals surface area contributed by atoms with Crippen LogP contribution >= 0.6 is 0 Å². The summed E-state index contributed by atoms with van der Waals surface area (Å²) < 4.78 is 6.06. The Balaban J connectivity index is 2.28. The molecule has 0 fully saturated rings. The molecule has 3 aromatic rings. The Bertz CT molecular complexity index is 763. The van der Waals surface area contributed by atoms with Crippen LogP contribution in [0.2, 0.25) is 0 Å². The quantitative estimate of drug-likeness (QED) is 0.568. The molecule has 0 bridgehead atoms. The van der Waals surface area contributed by atoms with Gasteiger partial charge in [-0.3, -0.25) is 0 Å². The average Bonchev–Trinajstić information content (AvgIpc) is 2.67. The third kappa shape index (κ3) is 1.95. The van der Waals surface area contributed by atoms with Gasteiger partial charge in [0.1, 0.15) is 11.3 Å². The number of hydrogen-bond acceptors (Lipinski definition) is 1. The van der Waals surface area contributed by atoms with Crippen LogP contribution in [0.3, 0.4) is 0 Å². The van der Waals surface area contributed by atoms with Gasteiger partial charge in [-0.15, -0.1) is 0 Å². The van der Waals surface area contributed by atoms with Gasteiger partial charge in [-0.1, -0.05) is 35.4 Å². The van der Waals surface area contributed by atoms with Gasteiger partial charge in [0.2, 0.25) is 0 Å². The summed E-state index contributed by atoms with van der Waals surface area (Å²) in [7, 11) is 0. The zero-order valence-corrected chi connectivity index (χ0v) is 11.9. The van der Waals surface area contributed by atoms with Crippen LogP contribution in [0.5, 0.6) is 0 Å². The predicted molar refractivity (Wildman–Crippen MR) is 80.6 cm³/mol. The number of benzene rings is 2. The molecule has 19 heavy (non-hydrogen) atoms. The number of furan rings is 1. The fourth-order valence-electron chi connectivity index (χ4n) is 2.66. The molecular formula is C18H18O. The molecule has 0 amide bonds. The minimum absolute atomic E-state index is 0.970. The topological polar surface area (TPSA) is 13.1 Å². The van der Waals surface area contributed by atoms with E-state index in [1.807, 2.05) is 0 Å². The zero-order chi connectivity index (χ0) is 13.6. The molecule has 96 valence electrons. The van der Waals surface area contributed by atoms with Crippen molar-refractivity contribution < 1.29 is 4.42 Å². The second-order valence-electron chi connectivity index (χ2n) is 5.37. The average molecular weight is 250 g/mol. The van der Waals surface area contributed by atoms with E-state index in [0.29, 0.717) is 0 Å². The van der Waals surface area contributed by atoms with E-state index in [4.69, 9.17) is 4.42 Å². The molecule has 0 radical (unpaired) electrons. The first-order valence-corrected chi connectivity index (χ1v) is 6.63. The summed E-state index contributed by atoms with van der Waals surface area (Å²) in [6.07, 6.45) is 0. The van der Waals surface area contributed by atoms with Gasteiger partial charge in [0, 0.05) is 16.5 Å². The highest BCUT2D eigenvalue weighted by molar-refractivity contribution is 5.88. The normalized spacial score (nSPS) is 11.2. The summed E-state index contributed by atoms with van der Waals surface area (Å²) >= 11 is 0. The highest BCUT2D eigenvalue weighted by atomic mass is 16.3. The monoisotopic (exact) mass is 250 g/mol. The van der Waals surface area contributed by atoms with Crippen LogP contribution in [0.15, 0.2) is 40.8 Å². The minimum atomic E-state index is 0.970. The molecule has 3 rings (SSSR count). The van der Waals surface area contributed by atoms with Crippen molar-refractivity contribution in [2.24, 2.45) is 0 Å². The van der Waals surface area contributed by atoms with Crippen LogP contribution in [0.4, 0.5) is 0 Å². The second kappa shape index (κ2) is 4.27. The molecule has 1 heteroatoms. The van der Waals surface area contributed by atoms with E-state index >= 15 is 0 Å². The number of aryl methyl sites for hydroxylation is 4. The fraction of sp³-hybridized carbons (Fsp3) is 0.222. The third-order valence-electron chi connectivity index (χ3n) is 3.72. The molecule has 2 aromatic carbocycles. The second-order valence-corrected chi connectivity index (χ2v) is 5.37. The lowest BCUT2D eigenvalue weighted by atomic mass is 10.0. The molecule has 1 aromatic heterocycles. The maximum atomic E-state index is 6.06. The van der Waals surface area contributed by atoms with Gasteiger partial charge < -0.3 is 4.42 Å². The van der Waals surface area contributed by atoms with Crippen molar-refractivity contribution in [2.45, 2.75) is 27.7 Å². The van der Waals surface area contributed by atoms with Crippen LogP contribution in [0.25, 0.3) is 22.3 Å². The summed E-state index contributed by atoms with van der Waals surface area (Å²) in [5, 5.41) is 1.22. The lowest BCUT2D eigenvalue weighted by molar-refractivity contribution is 0.628. The molecule has 0 N–H and O–H groups in total. The highest BCUT2D eigenvalue weighted by Crippen LogP contribution is 2.35. The van der Waals surface area contributed by atoms with Crippen molar-refractivity contribution in [3.05, 3.63) is 58.7 Å². The Hall–Kier alpha value is -2.02. The molecule has 0 aliphatic heterocycles. The van der Waals surface area contributed by atoms with Gasteiger partial charge in [0.25, 0.3) is 0 Å². The summed E-state index contributed by atoms with van der Waals surface area (Å²) in [4.78, 5) is 0. The van der Waals surface area contributed by atoms with Crippen LogP contribution in [0.1, 0.15) is 22.3 Å². The van der Waals surface area contributed by atoms with Gasteiger partial charge >= 0.3 is 0 Å². The van der Waals surface area contributed by atoms with Gasteiger partial charge in [0.15, 0.2) is 0 Å². The molecule has 0 saturated heterocycles. The van der Waals surface area contributed by atoms with E-state index in [1.165, 1.54) is 33.2 Å². The summed E-state index contributed by atoms with van der Waals surface area (Å²) in [6, 6.07) is 12.8. The Morgan fingerprint density at radius 3 is 2.21 bits per heavy atom. The van der Waals surface area contributed by atoms with E-state index in [9.17, 15) is 0 Å². The molecule has 1 nitrogen and oxygen atoms in total. The van der Waals surface area contributed by atoms with Crippen LogP contribution in [-0.2, 0) is 0 Å². The third-order valence-corrected chi connectivity index (χ3v) is 3.72. The van der Waals surface area contributed by atoms with Crippen molar-refractivity contribution in [1.29, 1.82) is 0 Å². The lowest BCUT2D eigenvalue weighted by Gasteiger charge is -2.05. The van der Waals surface area contributed by atoms with Crippen LogP contribution in [-0.4, -0.2) is 0 Å². The molecule has 1 heterocycles. The first-order valence-electron chi connectivity index (χ1n) is 6.63. The first kappa shape index (κ1) is 12.0. The van der Waals surface area contributed by atoms with Crippen molar-refractivity contribution >= 4 is 11.0 Å². The Kier molecular flexibility index (Phi) is 2.70. The molecule has 0 unspecified atom stereocenters. The van der Waals surface area contributed by atoms with Crippen LogP contribution < -0.4 is 0 Å². The van der Waals surface area contributed by atoms with Crippen molar-refractivity contribution in [2.75, 3.05) is 0 Å². The summed E-state index contributed by atoms with van der Waals surface area (Å²) in [5.74, 6) is 0.998. The summed E-state index contributed by atoms with van der Waals surface area (Å²) in [5.41, 5.74) is 7.20. The maximum absolute atomic E-state index is 6.06. The lowest BCUT2D eigenvalue weighted by Crippen LogP contribution is -1.84. The summed E-state index contributed by atoms with van der Waals surface area (Å²) in [6.45, 7) is 8.51.